The largest absolute Gasteiger partial charge is 0.492 e. The predicted molar refractivity (Wildman–Crippen MR) is 100.0 cm³/mol. The normalized spacial score (nSPS) is 23.1. The Labute approximate surface area is 153 Å². The summed E-state index contributed by atoms with van der Waals surface area (Å²) >= 11 is 1.78. The molecule has 2 aromatic rings. The summed E-state index contributed by atoms with van der Waals surface area (Å²) in [6.07, 6.45) is 8.09. The van der Waals surface area contributed by atoms with Crippen molar-refractivity contribution in [2.24, 2.45) is 5.92 Å². The van der Waals surface area contributed by atoms with Crippen molar-refractivity contribution in [3.8, 4) is 5.75 Å². The second kappa shape index (κ2) is 7.85. The Kier molecular flexibility index (Phi) is 5.34. The number of hydrogen-bond acceptors (Lipinski definition) is 5. The zero-order valence-corrected chi connectivity index (χ0v) is 15.4. The number of hydrogen-bond donors (Lipinski definition) is 0. The van der Waals surface area contributed by atoms with E-state index >= 15 is 0 Å². The van der Waals surface area contributed by atoms with Gasteiger partial charge in [-0.2, -0.15) is 11.3 Å². The molecule has 1 spiro atoms. The lowest BCUT2D eigenvalue weighted by molar-refractivity contribution is -0.0708. The topological polar surface area (TPSA) is 34.6 Å². The van der Waals surface area contributed by atoms with Crippen LogP contribution in [0.2, 0.25) is 0 Å². The third-order valence-corrected chi connectivity index (χ3v) is 6.39. The fraction of sp³-hybridized carbons (Fsp3) is 0.550. The highest BCUT2D eigenvalue weighted by Gasteiger charge is 2.45. The molecule has 2 fully saturated rings. The molecular formula is C20H26N2O2S. The van der Waals surface area contributed by atoms with E-state index in [9.17, 15) is 0 Å². The van der Waals surface area contributed by atoms with Crippen molar-refractivity contribution in [2.45, 2.75) is 37.8 Å². The molecular weight excluding hydrogens is 332 g/mol. The van der Waals surface area contributed by atoms with Gasteiger partial charge in [0.25, 0.3) is 0 Å². The second-order valence-corrected chi connectivity index (χ2v) is 7.91. The molecule has 25 heavy (non-hydrogen) atoms. The molecule has 0 amide bonds. The Bertz CT molecular complexity index is 639. The second-order valence-electron chi connectivity index (χ2n) is 7.13. The zero-order valence-electron chi connectivity index (χ0n) is 14.6. The lowest BCUT2D eigenvalue weighted by Crippen LogP contribution is -2.47. The molecule has 0 aromatic carbocycles. The maximum absolute atomic E-state index is 6.29. The van der Waals surface area contributed by atoms with Gasteiger partial charge in [-0.25, -0.2) is 0 Å². The van der Waals surface area contributed by atoms with Crippen LogP contribution >= 0.6 is 11.3 Å². The Hall–Kier alpha value is -1.43. The van der Waals surface area contributed by atoms with Gasteiger partial charge in [0, 0.05) is 32.4 Å². The molecule has 0 unspecified atom stereocenters. The van der Waals surface area contributed by atoms with Crippen LogP contribution in [0, 0.1) is 5.92 Å². The van der Waals surface area contributed by atoms with E-state index in [0.717, 1.165) is 57.9 Å². The number of rotatable bonds is 6. The van der Waals surface area contributed by atoms with Crippen LogP contribution in [0.5, 0.6) is 5.75 Å². The average molecular weight is 359 g/mol. The summed E-state index contributed by atoms with van der Waals surface area (Å²) in [6, 6.07) is 6.12. The standard InChI is InChI=1S/C20H26N2O2S/c1-2-19(14-21-8-1)23-11-3-18-4-12-24-20(18)6-9-22(10-7-20)15-17-5-13-25-16-17/h1-2,5,8,13-14,16,18H,3-4,6-7,9-12,15H2/t18-/m1/s1. The molecule has 2 aromatic heterocycles. The summed E-state index contributed by atoms with van der Waals surface area (Å²) < 4.78 is 12.2. The molecule has 0 radical (unpaired) electrons. The first-order valence-electron chi connectivity index (χ1n) is 9.24. The van der Waals surface area contributed by atoms with Gasteiger partial charge in [0.2, 0.25) is 0 Å². The van der Waals surface area contributed by atoms with Crippen molar-refractivity contribution in [1.82, 2.24) is 9.88 Å². The van der Waals surface area contributed by atoms with Gasteiger partial charge in [0.05, 0.1) is 18.4 Å². The van der Waals surface area contributed by atoms with E-state index in [-0.39, 0.29) is 5.60 Å². The van der Waals surface area contributed by atoms with E-state index < -0.39 is 0 Å². The molecule has 4 rings (SSSR count). The van der Waals surface area contributed by atoms with Crippen LogP contribution < -0.4 is 4.74 Å². The highest BCUT2D eigenvalue weighted by molar-refractivity contribution is 7.07. The highest BCUT2D eigenvalue weighted by atomic mass is 32.1. The van der Waals surface area contributed by atoms with Gasteiger partial charge < -0.3 is 9.47 Å². The number of pyridine rings is 1. The Balaban J connectivity index is 1.27. The molecule has 4 nitrogen and oxygen atoms in total. The summed E-state index contributed by atoms with van der Waals surface area (Å²) in [5, 5.41) is 4.42. The number of thiophene rings is 1. The fourth-order valence-corrected chi connectivity index (χ4v) is 4.89. The maximum Gasteiger partial charge on any atom is 0.137 e. The van der Waals surface area contributed by atoms with Gasteiger partial charge in [0.1, 0.15) is 5.75 Å². The molecule has 0 N–H and O–H groups in total. The highest BCUT2D eigenvalue weighted by Crippen LogP contribution is 2.42. The summed E-state index contributed by atoms with van der Waals surface area (Å²) in [4.78, 5) is 6.67. The molecule has 0 aliphatic carbocycles. The molecule has 2 aliphatic heterocycles. The van der Waals surface area contributed by atoms with E-state index in [1.54, 1.807) is 23.7 Å². The fourth-order valence-electron chi connectivity index (χ4n) is 4.23. The first-order chi connectivity index (χ1) is 12.3. The Morgan fingerprint density at radius 1 is 1.32 bits per heavy atom. The van der Waals surface area contributed by atoms with Crippen molar-refractivity contribution in [2.75, 3.05) is 26.3 Å². The van der Waals surface area contributed by atoms with Gasteiger partial charge in [-0.3, -0.25) is 9.88 Å². The number of aromatic nitrogens is 1. The van der Waals surface area contributed by atoms with Crippen molar-refractivity contribution in [3.05, 3.63) is 46.9 Å². The lowest BCUT2D eigenvalue weighted by Gasteiger charge is -2.42. The monoisotopic (exact) mass is 358 g/mol. The summed E-state index contributed by atoms with van der Waals surface area (Å²) in [6.45, 7) is 5.00. The Morgan fingerprint density at radius 3 is 3.00 bits per heavy atom. The van der Waals surface area contributed by atoms with Crippen LogP contribution in [0.1, 0.15) is 31.2 Å². The first-order valence-corrected chi connectivity index (χ1v) is 10.2. The smallest absolute Gasteiger partial charge is 0.137 e. The molecule has 2 saturated heterocycles. The molecule has 4 heterocycles. The maximum atomic E-state index is 6.29. The molecule has 1 atom stereocenters. The summed E-state index contributed by atoms with van der Waals surface area (Å²) in [7, 11) is 0. The number of piperidine rings is 1. The molecule has 134 valence electrons. The number of ether oxygens (including phenoxy) is 2. The number of likely N-dealkylation sites (tertiary alicyclic amines) is 1. The summed E-state index contributed by atoms with van der Waals surface area (Å²) in [5.74, 6) is 1.48. The number of nitrogens with zero attached hydrogens (tertiary/aromatic N) is 2. The van der Waals surface area contributed by atoms with E-state index in [1.807, 2.05) is 12.1 Å². The first kappa shape index (κ1) is 17.0. The van der Waals surface area contributed by atoms with E-state index in [0.29, 0.717) is 5.92 Å². The van der Waals surface area contributed by atoms with Gasteiger partial charge in [-0.15, -0.1) is 0 Å². The van der Waals surface area contributed by atoms with Crippen LogP contribution in [0.15, 0.2) is 41.4 Å². The predicted octanol–water partition coefficient (Wildman–Crippen LogP) is 3.98. The van der Waals surface area contributed by atoms with E-state index in [4.69, 9.17) is 9.47 Å². The van der Waals surface area contributed by atoms with Crippen LogP contribution in [-0.4, -0.2) is 41.8 Å². The minimum Gasteiger partial charge on any atom is -0.492 e. The van der Waals surface area contributed by atoms with Crippen LogP contribution in [0.3, 0.4) is 0 Å². The van der Waals surface area contributed by atoms with Crippen LogP contribution in [-0.2, 0) is 11.3 Å². The summed E-state index contributed by atoms with van der Waals surface area (Å²) in [5.41, 5.74) is 1.53. The minimum absolute atomic E-state index is 0.0868. The lowest BCUT2D eigenvalue weighted by atomic mass is 9.78. The van der Waals surface area contributed by atoms with Gasteiger partial charge >= 0.3 is 0 Å². The quantitative estimate of drug-likeness (QED) is 0.782. The van der Waals surface area contributed by atoms with Crippen molar-refractivity contribution in [3.63, 3.8) is 0 Å². The third kappa shape index (κ3) is 4.05. The molecule has 0 saturated carbocycles. The van der Waals surface area contributed by atoms with Crippen LogP contribution in [0.25, 0.3) is 0 Å². The van der Waals surface area contributed by atoms with Crippen molar-refractivity contribution >= 4 is 11.3 Å². The molecule has 2 aliphatic rings. The molecule has 5 heteroatoms. The third-order valence-electron chi connectivity index (χ3n) is 5.66. The minimum atomic E-state index is 0.0868. The van der Waals surface area contributed by atoms with Gasteiger partial charge in [0.15, 0.2) is 0 Å². The van der Waals surface area contributed by atoms with E-state index in [1.165, 1.54) is 12.0 Å². The molecule has 0 bridgehead atoms. The SMILES string of the molecule is c1cncc(OCC[C@@H]2CCOC23CCN(Cc2ccsc2)CC3)c1. The van der Waals surface area contributed by atoms with Crippen LogP contribution in [0.4, 0.5) is 0 Å². The van der Waals surface area contributed by atoms with Gasteiger partial charge in [-0.05, 0) is 66.1 Å². The van der Waals surface area contributed by atoms with Crippen molar-refractivity contribution < 1.29 is 9.47 Å². The van der Waals surface area contributed by atoms with Crippen molar-refractivity contribution in [1.29, 1.82) is 0 Å². The average Bonchev–Trinajstić information content (AvgIpc) is 3.29. The van der Waals surface area contributed by atoms with E-state index in [2.05, 4.69) is 26.7 Å². The Morgan fingerprint density at radius 2 is 2.24 bits per heavy atom. The van der Waals surface area contributed by atoms with Gasteiger partial charge in [-0.1, -0.05) is 0 Å². The zero-order chi connectivity index (χ0) is 17.0.